The summed E-state index contributed by atoms with van der Waals surface area (Å²) in [6.45, 7) is 8.58. The Kier molecular flexibility index (Phi) is 9.86. The summed E-state index contributed by atoms with van der Waals surface area (Å²) in [5, 5.41) is 6.54. The van der Waals surface area contributed by atoms with E-state index in [-0.39, 0.29) is 35.8 Å². The van der Waals surface area contributed by atoms with Crippen molar-refractivity contribution in [1.29, 1.82) is 0 Å². The molecule has 0 amide bonds. The first-order valence-electron chi connectivity index (χ1n) is 9.37. The molecule has 2 atom stereocenters. The summed E-state index contributed by atoms with van der Waals surface area (Å²) in [6.07, 6.45) is 2.93. The number of rotatable bonds is 8. The number of para-hydroxylation sites is 1. The van der Waals surface area contributed by atoms with Crippen molar-refractivity contribution < 1.29 is 8.42 Å². The molecule has 0 saturated carbocycles. The highest BCUT2D eigenvalue weighted by Crippen LogP contribution is 2.31. The van der Waals surface area contributed by atoms with Gasteiger partial charge in [0.15, 0.2) is 5.96 Å². The van der Waals surface area contributed by atoms with Gasteiger partial charge < -0.3 is 15.5 Å². The topological polar surface area (TPSA) is 73.8 Å². The predicted molar refractivity (Wildman–Crippen MR) is 125 cm³/mol. The highest BCUT2D eigenvalue weighted by molar-refractivity contribution is 14.0. The standard InChI is InChI=1S/C19H32N4O2S.HI/c1-5-20-19(22-15(2)10-13-26(4,24)25)21-11-12-23-16(3)14-17-8-6-7-9-18(17)23;/h6-9,15-16H,5,10-14H2,1-4H3,(H2,20,21,22);1H. The van der Waals surface area contributed by atoms with Gasteiger partial charge in [-0.25, -0.2) is 8.42 Å². The van der Waals surface area contributed by atoms with E-state index >= 15 is 0 Å². The van der Waals surface area contributed by atoms with Crippen LogP contribution in [-0.2, 0) is 16.3 Å². The van der Waals surface area contributed by atoms with Gasteiger partial charge in [0.2, 0.25) is 0 Å². The van der Waals surface area contributed by atoms with Gasteiger partial charge in [0.25, 0.3) is 0 Å². The van der Waals surface area contributed by atoms with Gasteiger partial charge in [-0.3, -0.25) is 4.99 Å². The molecule has 2 unspecified atom stereocenters. The molecule has 0 bridgehead atoms. The zero-order chi connectivity index (χ0) is 19.2. The third-order valence-corrected chi connectivity index (χ3v) is 5.59. The summed E-state index contributed by atoms with van der Waals surface area (Å²) < 4.78 is 22.6. The maximum Gasteiger partial charge on any atom is 0.191 e. The number of nitrogens with zero attached hydrogens (tertiary/aromatic N) is 2. The van der Waals surface area contributed by atoms with Crippen molar-refractivity contribution in [3.05, 3.63) is 29.8 Å². The van der Waals surface area contributed by atoms with E-state index in [9.17, 15) is 8.42 Å². The summed E-state index contributed by atoms with van der Waals surface area (Å²) in [7, 11) is -2.94. The summed E-state index contributed by atoms with van der Waals surface area (Å²) in [5.41, 5.74) is 2.72. The van der Waals surface area contributed by atoms with Gasteiger partial charge in [-0.15, -0.1) is 24.0 Å². The Morgan fingerprint density at radius 2 is 2.07 bits per heavy atom. The van der Waals surface area contributed by atoms with Crippen LogP contribution >= 0.6 is 24.0 Å². The van der Waals surface area contributed by atoms with Crippen molar-refractivity contribution in [2.75, 3.05) is 36.5 Å². The van der Waals surface area contributed by atoms with Crippen LogP contribution in [0.2, 0.25) is 0 Å². The van der Waals surface area contributed by atoms with Gasteiger partial charge in [0.05, 0.1) is 12.3 Å². The third-order valence-electron chi connectivity index (χ3n) is 4.61. The van der Waals surface area contributed by atoms with Crippen molar-refractivity contribution in [2.24, 2.45) is 4.99 Å². The van der Waals surface area contributed by atoms with Crippen LogP contribution in [0.25, 0.3) is 0 Å². The molecule has 0 saturated heterocycles. The average molecular weight is 508 g/mol. The first-order valence-corrected chi connectivity index (χ1v) is 11.4. The van der Waals surface area contributed by atoms with Crippen molar-refractivity contribution in [3.8, 4) is 0 Å². The Bertz CT molecular complexity index is 724. The fourth-order valence-corrected chi connectivity index (χ4v) is 4.04. The van der Waals surface area contributed by atoms with E-state index in [1.165, 1.54) is 17.5 Å². The molecular formula is C19H33IN4O2S. The van der Waals surface area contributed by atoms with Gasteiger partial charge in [-0.1, -0.05) is 18.2 Å². The van der Waals surface area contributed by atoms with E-state index in [2.05, 4.69) is 51.7 Å². The highest BCUT2D eigenvalue weighted by atomic mass is 127. The highest BCUT2D eigenvalue weighted by Gasteiger charge is 2.24. The molecule has 1 aliphatic heterocycles. The molecular weight excluding hydrogens is 475 g/mol. The summed E-state index contributed by atoms with van der Waals surface area (Å²) in [6, 6.07) is 9.10. The SMILES string of the molecule is CCNC(=NCCN1c2ccccc2CC1C)NC(C)CCS(C)(=O)=O.I. The number of benzene rings is 1. The first-order chi connectivity index (χ1) is 12.3. The molecule has 0 radical (unpaired) electrons. The van der Waals surface area contributed by atoms with E-state index in [4.69, 9.17) is 0 Å². The molecule has 6 nitrogen and oxygen atoms in total. The van der Waals surface area contributed by atoms with E-state index in [1.54, 1.807) is 0 Å². The number of halogens is 1. The fourth-order valence-electron chi connectivity index (χ4n) is 3.26. The number of hydrogen-bond donors (Lipinski definition) is 2. The van der Waals surface area contributed by atoms with Gasteiger partial charge in [-0.05, 0) is 45.2 Å². The molecule has 1 aromatic rings. The minimum absolute atomic E-state index is 0. The Balaban J connectivity index is 0.00000364. The van der Waals surface area contributed by atoms with Crippen LogP contribution in [0.3, 0.4) is 0 Å². The second-order valence-electron chi connectivity index (χ2n) is 7.10. The Labute approximate surface area is 181 Å². The van der Waals surface area contributed by atoms with E-state index in [1.807, 2.05) is 13.8 Å². The molecule has 27 heavy (non-hydrogen) atoms. The molecule has 154 valence electrons. The van der Waals surface area contributed by atoms with Crippen molar-refractivity contribution in [2.45, 2.75) is 45.7 Å². The number of aliphatic imine (C=N–C) groups is 1. The minimum atomic E-state index is -2.94. The Morgan fingerprint density at radius 3 is 2.74 bits per heavy atom. The van der Waals surface area contributed by atoms with Crippen molar-refractivity contribution >= 4 is 45.5 Å². The fraction of sp³-hybridized carbons (Fsp3) is 0.632. The van der Waals surface area contributed by atoms with Crippen LogP contribution in [0, 0.1) is 0 Å². The molecule has 1 aliphatic rings. The normalized spacial score (nSPS) is 17.9. The van der Waals surface area contributed by atoms with Crippen LogP contribution in [0.1, 0.15) is 32.8 Å². The minimum Gasteiger partial charge on any atom is -0.366 e. The quantitative estimate of drug-likeness (QED) is 0.321. The molecule has 0 aromatic heterocycles. The lowest BCUT2D eigenvalue weighted by molar-refractivity contribution is 0.581. The van der Waals surface area contributed by atoms with Crippen LogP contribution in [0.4, 0.5) is 5.69 Å². The van der Waals surface area contributed by atoms with Crippen LogP contribution in [0.5, 0.6) is 0 Å². The first kappa shape index (κ1) is 24.0. The summed E-state index contributed by atoms with van der Waals surface area (Å²) in [5.74, 6) is 0.927. The number of hydrogen-bond acceptors (Lipinski definition) is 4. The van der Waals surface area contributed by atoms with E-state index in [0.29, 0.717) is 19.0 Å². The summed E-state index contributed by atoms with van der Waals surface area (Å²) in [4.78, 5) is 7.08. The lowest BCUT2D eigenvalue weighted by atomic mass is 10.1. The Hall–Kier alpha value is -1.03. The molecule has 8 heteroatoms. The molecule has 2 N–H and O–H groups in total. The zero-order valence-corrected chi connectivity index (χ0v) is 19.9. The molecule has 1 aromatic carbocycles. The van der Waals surface area contributed by atoms with Gasteiger partial charge in [0, 0.05) is 37.1 Å². The van der Waals surface area contributed by atoms with E-state index < -0.39 is 9.84 Å². The van der Waals surface area contributed by atoms with Gasteiger partial charge >= 0.3 is 0 Å². The van der Waals surface area contributed by atoms with Crippen LogP contribution < -0.4 is 15.5 Å². The van der Waals surface area contributed by atoms with E-state index in [0.717, 1.165) is 25.5 Å². The number of guanidine groups is 1. The number of sulfone groups is 1. The largest absolute Gasteiger partial charge is 0.366 e. The second kappa shape index (κ2) is 11.1. The zero-order valence-electron chi connectivity index (χ0n) is 16.7. The average Bonchev–Trinajstić information content (AvgIpc) is 2.88. The number of fused-ring (bicyclic) bond motifs is 1. The monoisotopic (exact) mass is 508 g/mol. The Morgan fingerprint density at radius 1 is 1.37 bits per heavy atom. The molecule has 2 rings (SSSR count). The molecule has 0 spiro atoms. The molecule has 0 aliphatic carbocycles. The van der Waals surface area contributed by atoms with Crippen molar-refractivity contribution in [3.63, 3.8) is 0 Å². The maximum atomic E-state index is 11.3. The third kappa shape index (κ3) is 7.85. The van der Waals surface area contributed by atoms with Gasteiger partial charge in [0.1, 0.15) is 9.84 Å². The lowest BCUT2D eigenvalue weighted by Crippen LogP contribution is -2.43. The predicted octanol–water partition coefficient (Wildman–Crippen LogP) is 2.43. The molecule has 1 heterocycles. The van der Waals surface area contributed by atoms with Crippen LogP contribution in [-0.4, -0.2) is 58.1 Å². The van der Waals surface area contributed by atoms with Gasteiger partial charge in [-0.2, -0.15) is 0 Å². The maximum absolute atomic E-state index is 11.3. The lowest BCUT2D eigenvalue weighted by Gasteiger charge is -2.24. The van der Waals surface area contributed by atoms with Crippen molar-refractivity contribution in [1.82, 2.24) is 10.6 Å². The number of anilines is 1. The summed E-state index contributed by atoms with van der Waals surface area (Å²) >= 11 is 0. The molecule has 0 fully saturated rings. The number of nitrogens with one attached hydrogen (secondary N) is 2. The smallest absolute Gasteiger partial charge is 0.191 e. The van der Waals surface area contributed by atoms with Crippen LogP contribution in [0.15, 0.2) is 29.3 Å². The second-order valence-corrected chi connectivity index (χ2v) is 9.36.